The molecule has 0 radical (unpaired) electrons. The highest BCUT2D eigenvalue weighted by molar-refractivity contribution is 6.10. The van der Waals surface area contributed by atoms with Crippen molar-refractivity contribution in [1.82, 2.24) is 9.55 Å². The van der Waals surface area contributed by atoms with E-state index in [1.807, 2.05) is 0 Å². The lowest BCUT2D eigenvalue weighted by molar-refractivity contribution is 0.552. The number of hydrogen-bond donors (Lipinski definition) is 0. The van der Waals surface area contributed by atoms with Crippen molar-refractivity contribution in [2.75, 3.05) is 0 Å². The molecule has 0 N–H and O–H groups in total. The van der Waals surface area contributed by atoms with Crippen molar-refractivity contribution in [3.05, 3.63) is 120 Å². The number of nitrogens with zero attached hydrogens (tertiary/aromatic N) is 2. The smallest absolute Gasteiger partial charge is 0.227 e. The predicted molar refractivity (Wildman–Crippen MR) is 177 cm³/mol. The van der Waals surface area contributed by atoms with E-state index in [9.17, 15) is 0 Å². The summed E-state index contributed by atoms with van der Waals surface area (Å²) in [5.74, 6) is 0.662. The molecule has 0 spiro atoms. The van der Waals surface area contributed by atoms with Gasteiger partial charge < -0.3 is 8.98 Å². The van der Waals surface area contributed by atoms with E-state index in [4.69, 9.17) is 9.40 Å². The van der Waals surface area contributed by atoms with Crippen LogP contribution in [-0.4, -0.2) is 9.55 Å². The number of aromatic nitrogens is 2. The highest BCUT2D eigenvalue weighted by Crippen LogP contribution is 2.38. The zero-order chi connectivity index (χ0) is 29.2. The molecule has 0 fully saturated rings. The normalized spacial score (nSPS) is 12.5. The van der Waals surface area contributed by atoms with Gasteiger partial charge in [-0.05, 0) is 76.1 Å². The van der Waals surface area contributed by atoms with Crippen LogP contribution in [0.2, 0.25) is 0 Å². The summed E-state index contributed by atoms with van der Waals surface area (Å²) in [6, 6.07) is 39.1. The van der Waals surface area contributed by atoms with Crippen LogP contribution in [0.3, 0.4) is 0 Å². The van der Waals surface area contributed by atoms with Gasteiger partial charge in [0.1, 0.15) is 5.52 Å². The molecule has 7 rings (SSSR count). The third kappa shape index (κ3) is 4.41. The van der Waals surface area contributed by atoms with Gasteiger partial charge in [0.2, 0.25) is 5.89 Å². The second-order valence-corrected chi connectivity index (χ2v) is 13.4. The summed E-state index contributed by atoms with van der Waals surface area (Å²) in [6.45, 7) is 13.4. The summed E-state index contributed by atoms with van der Waals surface area (Å²) in [7, 11) is 0. The first-order chi connectivity index (χ1) is 20.1. The van der Waals surface area contributed by atoms with Crippen LogP contribution in [0.5, 0.6) is 0 Å². The van der Waals surface area contributed by atoms with Crippen LogP contribution in [0.4, 0.5) is 0 Å². The third-order valence-electron chi connectivity index (χ3n) is 8.32. The minimum absolute atomic E-state index is 0.0312. The molecule has 3 heteroatoms. The van der Waals surface area contributed by atoms with Crippen molar-refractivity contribution in [3.63, 3.8) is 0 Å². The molecule has 0 aliphatic carbocycles. The van der Waals surface area contributed by atoms with Crippen LogP contribution in [0.1, 0.15) is 52.7 Å². The second-order valence-electron chi connectivity index (χ2n) is 13.4. The van der Waals surface area contributed by atoms with Crippen LogP contribution >= 0.6 is 0 Å². The van der Waals surface area contributed by atoms with Crippen LogP contribution < -0.4 is 0 Å². The van der Waals surface area contributed by atoms with Gasteiger partial charge in [-0.3, -0.25) is 0 Å². The van der Waals surface area contributed by atoms with Crippen molar-refractivity contribution < 1.29 is 4.42 Å². The molecular weight excluding hydrogens is 512 g/mol. The summed E-state index contributed by atoms with van der Waals surface area (Å²) in [5, 5.41) is 2.50. The third-order valence-corrected chi connectivity index (χ3v) is 8.32. The maximum atomic E-state index is 6.46. The van der Waals surface area contributed by atoms with Gasteiger partial charge in [0.25, 0.3) is 0 Å². The van der Waals surface area contributed by atoms with Gasteiger partial charge in [0.15, 0.2) is 5.58 Å². The van der Waals surface area contributed by atoms with E-state index in [-0.39, 0.29) is 10.8 Å². The van der Waals surface area contributed by atoms with Crippen LogP contribution in [0.25, 0.3) is 61.2 Å². The summed E-state index contributed by atoms with van der Waals surface area (Å²) >= 11 is 0. The molecular formula is C39H36N2O. The molecule has 0 aliphatic rings. The summed E-state index contributed by atoms with van der Waals surface area (Å²) in [5.41, 5.74) is 11.2. The SMILES string of the molecule is CC(C)(C)c1cc(C(C)(C)C)c2oc(-c3ccc(-c4ccc5c(c4)c4ccccc4n5-c4ccccc4)cc3)nc2c1. The largest absolute Gasteiger partial charge is 0.436 e. The second kappa shape index (κ2) is 9.46. The first-order valence-electron chi connectivity index (χ1n) is 14.7. The van der Waals surface area contributed by atoms with Crippen molar-refractivity contribution in [1.29, 1.82) is 0 Å². The van der Waals surface area contributed by atoms with E-state index in [0.29, 0.717) is 5.89 Å². The van der Waals surface area contributed by atoms with Gasteiger partial charge in [-0.25, -0.2) is 4.98 Å². The van der Waals surface area contributed by atoms with Gasteiger partial charge in [0.05, 0.1) is 11.0 Å². The molecule has 42 heavy (non-hydrogen) atoms. The topological polar surface area (TPSA) is 31.0 Å². The molecule has 0 unspecified atom stereocenters. The lowest BCUT2D eigenvalue weighted by atomic mass is 9.80. The Hall–Kier alpha value is -4.63. The fraction of sp³-hybridized carbons (Fsp3) is 0.205. The van der Waals surface area contributed by atoms with Crippen molar-refractivity contribution in [2.24, 2.45) is 0 Å². The van der Waals surface area contributed by atoms with Crippen molar-refractivity contribution in [2.45, 2.75) is 52.4 Å². The fourth-order valence-electron chi connectivity index (χ4n) is 5.96. The maximum absolute atomic E-state index is 6.46. The lowest BCUT2D eigenvalue weighted by Gasteiger charge is -2.24. The standard InChI is InChI=1S/C39H36N2O/c1-38(2,3)28-23-32(39(4,5)6)36-33(24-28)40-37(42-36)26-18-16-25(17-19-26)27-20-21-35-31(22-27)30-14-10-11-15-34(30)41(35)29-12-8-7-9-13-29/h7-24H,1-6H3. The number of rotatable bonds is 3. The van der Waals surface area contributed by atoms with Crippen LogP contribution in [0, 0.1) is 0 Å². The molecule has 0 amide bonds. The van der Waals surface area contributed by atoms with Gasteiger partial charge in [-0.2, -0.15) is 0 Å². The minimum atomic E-state index is -0.0531. The molecule has 0 saturated carbocycles. The number of benzene rings is 5. The Morgan fingerprint density at radius 2 is 1.21 bits per heavy atom. The summed E-state index contributed by atoms with van der Waals surface area (Å²) in [6.07, 6.45) is 0. The maximum Gasteiger partial charge on any atom is 0.227 e. The summed E-state index contributed by atoms with van der Waals surface area (Å²) in [4.78, 5) is 4.97. The number of hydrogen-bond acceptors (Lipinski definition) is 2. The Balaban J connectivity index is 1.30. The molecule has 7 aromatic rings. The molecule has 0 atom stereocenters. The van der Waals surface area contributed by atoms with Crippen LogP contribution in [-0.2, 0) is 10.8 Å². The molecule has 5 aromatic carbocycles. The monoisotopic (exact) mass is 548 g/mol. The first kappa shape index (κ1) is 26.3. The fourth-order valence-corrected chi connectivity index (χ4v) is 5.96. The van der Waals surface area contributed by atoms with Gasteiger partial charge in [0, 0.05) is 27.6 Å². The average Bonchev–Trinajstić information content (AvgIpc) is 3.55. The van der Waals surface area contributed by atoms with E-state index in [1.165, 1.54) is 49.7 Å². The van der Waals surface area contributed by atoms with E-state index in [2.05, 4.69) is 155 Å². The highest BCUT2D eigenvalue weighted by Gasteiger charge is 2.25. The van der Waals surface area contributed by atoms with Gasteiger partial charge >= 0.3 is 0 Å². The first-order valence-corrected chi connectivity index (χ1v) is 14.7. The molecule has 208 valence electrons. The van der Waals surface area contributed by atoms with E-state index < -0.39 is 0 Å². The molecule has 2 aromatic heterocycles. The Morgan fingerprint density at radius 3 is 1.93 bits per heavy atom. The molecule has 3 nitrogen and oxygen atoms in total. The van der Waals surface area contributed by atoms with Crippen LogP contribution in [0.15, 0.2) is 114 Å². The Labute approximate surface area is 247 Å². The quantitative estimate of drug-likeness (QED) is 0.220. The van der Waals surface area contributed by atoms with Gasteiger partial charge in [-0.1, -0.05) is 102 Å². The Kier molecular flexibility index (Phi) is 5.92. The van der Waals surface area contributed by atoms with E-state index in [1.54, 1.807) is 0 Å². The lowest BCUT2D eigenvalue weighted by Crippen LogP contribution is -2.16. The summed E-state index contributed by atoms with van der Waals surface area (Å²) < 4.78 is 8.81. The highest BCUT2D eigenvalue weighted by atomic mass is 16.3. The zero-order valence-electron chi connectivity index (χ0n) is 25.2. The Morgan fingerprint density at radius 1 is 0.571 bits per heavy atom. The van der Waals surface area contributed by atoms with E-state index >= 15 is 0 Å². The zero-order valence-corrected chi connectivity index (χ0v) is 25.2. The average molecular weight is 549 g/mol. The molecule has 0 saturated heterocycles. The Bertz CT molecular complexity index is 2080. The predicted octanol–water partition coefficient (Wildman–Crippen LogP) is 10.9. The molecule has 0 aliphatic heterocycles. The number of oxazole rings is 1. The van der Waals surface area contributed by atoms with Gasteiger partial charge in [-0.15, -0.1) is 0 Å². The minimum Gasteiger partial charge on any atom is -0.436 e. The molecule has 0 bridgehead atoms. The van der Waals surface area contributed by atoms with Crippen molar-refractivity contribution >= 4 is 32.9 Å². The number of fused-ring (bicyclic) bond motifs is 4. The number of para-hydroxylation sites is 2. The molecule has 2 heterocycles. The van der Waals surface area contributed by atoms with Crippen molar-refractivity contribution in [3.8, 4) is 28.3 Å². The van der Waals surface area contributed by atoms with E-state index in [0.717, 1.165) is 16.7 Å².